The van der Waals surface area contributed by atoms with Gasteiger partial charge in [0.1, 0.15) is 12.1 Å². The average molecular weight is 314 g/mol. The summed E-state index contributed by atoms with van der Waals surface area (Å²) in [4.78, 5) is 25.7. The Morgan fingerprint density at radius 1 is 1.17 bits per heavy atom. The quantitative estimate of drug-likeness (QED) is 0.841. The molecule has 1 amide bonds. The highest BCUT2D eigenvalue weighted by Gasteiger charge is 2.45. The predicted molar refractivity (Wildman–Crippen MR) is 89.4 cm³/mol. The van der Waals surface area contributed by atoms with Gasteiger partial charge in [-0.15, -0.1) is 0 Å². The number of carbonyl (C=O) groups is 1. The molecule has 23 heavy (non-hydrogen) atoms. The van der Waals surface area contributed by atoms with E-state index in [0.29, 0.717) is 11.9 Å². The van der Waals surface area contributed by atoms with Crippen LogP contribution in [-0.4, -0.2) is 46.5 Å². The van der Waals surface area contributed by atoms with Crippen molar-refractivity contribution in [2.75, 3.05) is 24.5 Å². The minimum absolute atomic E-state index is 0.264. The van der Waals surface area contributed by atoms with E-state index in [-0.39, 0.29) is 5.41 Å². The predicted octanol–water partition coefficient (Wildman–Crippen LogP) is 2.46. The zero-order valence-corrected chi connectivity index (χ0v) is 14.2. The van der Waals surface area contributed by atoms with E-state index in [0.717, 1.165) is 44.0 Å². The van der Waals surface area contributed by atoms with E-state index < -0.39 is 0 Å². The van der Waals surface area contributed by atoms with Gasteiger partial charge in [-0.25, -0.2) is 9.97 Å². The number of nitrogens with zero attached hydrogens (tertiary/aromatic N) is 4. The lowest BCUT2D eigenvalue weighted by atomic mass is 9.73. The summed E-state index contributed by atoms with van der Waals surface area (Å²) in [6.45, 7) is 7.22. The van der Waals surface area contributed by atoms with Gasteiger partial charge in [0, 0.05) is 48.8 Å². The molecule has 3 heterocycles. The second-order valence-corrected chi connectivity index (χ2v) is 7.69. The van der Waals surface area contributed by atoms with Crippen LogP contribution in [0.4, 0.5) is 5.82 Å². The largest absolute Gasteiger partial charge is 0.356 e. The Morgan fingerprint density at radius 2 is 2.00 bits per heavy atom. The van der Waals surface area contributed by atoms with Crippen molar-refractivity contribution in [1.82, 2.24) is 14.9 Å². The van der Waals surface area contributed by atoms with E-state index in [1.165, 1.54) is 31.2 Å². The third-order valence-electron chi connectivity index (χ3n) is 5.95. The molecule has 0 N–H and O–H groups in total. The van der Waals surface area contributed by atoms with Crippen molar-refractivity contribution in [3.8, 4) is 0 Å². The fourth-order valence-corrected chi connectivity index (χ4v) is 4.33. The average Bonchev–Trinajstić information content (AvgIpc) is 3.38. The van der Waals surface area contributed by atoms with Gasteiger partial charge in [-0.05, 0) is 46.0 Å². The first-order valence-corrected chi connectivity index (χ1v) is 8.91. The van der Waals surface area contributed by atoms with Crippen LogP contribution in [0.1, 0.15) is 49.8 Å². The van der Waals surface area contributed by atoms with E-state index in [1.54, 1.807) is 6.33 Å². The molecule has 1 saturated carbocycles. The minimum Gasteiger partial charge on any atom is -0.356 e. The summed E-state index contributed by atoms with van der Waals surface area (Å²) >= 11 is 0. The summed E-state index contributed by atoms with van der Waals surface area (Å²) in [7, 11) is 0. The van der Waals surface area contributed by atoms with Crippen molar-refractivity contribution in [1.29, 1.82) is 0 Å². The van der Waals surface area contributed by atoms with Crippen LogP contribution in [0.25, 0.3) is 0 Å². The molecule has 0 aromatic carbocycles. The number of likely N-dealkylation sites (tertiary alicyclic amines) is 1. The lowest BCUT2D eigenvalue weighted by Crippen LogP contribution is -2.54. The van der Waals surface area contributed by atoms with Crippen molar-refractivity contribution in [3.63, 3.8) is 0 Å². The fourth-order valence-electron chi connectivity index (χ4n) is 4.33. The molecule has 0 unspecified atom stereocenters. The Bertz CT molecular complexity index is 627. The Balaban J connectivity index is 1.56. The van der Waals surface area contributed by atoms with Gasteiger partial charge >= 0.3 is 0 Å². The van der Waals surface area contributed by atoms with Crippen LogP contribution in [0.3, 0.4) is 0 Å². The molecule has 5 nitrogen and oxygen atoms in total. The third kappa shape index (κ3) is 2.70. The maximum atomic E-state index is 12.2. The number of hydrogen-bond donors (Lipinski definition) is 0. The van der Waals surface area contributed by atoms with Gasteiger partial charge in [-0.2, -0.15) is 0 Å². The Morgan fingerprint density at radius 3 is 2.78 bits per heavy atom. The minimum atomic E-state index is 0.264. The highest BCUT2D eigenvalue weighted by atomic mass is 16.2. The number of rotatable bonds is 2. The van der Waals surface area contributed by atoms with Crippen molar-refractivity contribution >= 4 is 11.7 Å². The molecule has 1 aromatic heterocycles. The van der Waals surface area contributed by atoms with Gasteiger partial charge in [0.05, 0.1) is 0 Å². The molecule has 5 heteroatoms. The van der Waals surface area contributed by atoms with E-state index in [9.17, 15) is 4.79 Å². The summed E-state index contributed by atoms with van der Waals surface area (Å²) in [5.41, 5.74) is 2.52. The van der Waals surface area contributed by atoms with E-state index in [1.807, 2.05) is 6.92 Å². The first kappa shape index (κ1) is 14.9. The van der Waals surface area contributed by atoms with Gasteiger partial charge in [0.15, 0.2) is 0 Å². The number of piperidine rings is 2. The normalized spacial score (nSPS) is 28.5. The Labute approximate surface area is 138 Å². The first-order valence-electron chi connectivity index (χ1n) is 8.91. The van der Waals surface area contributed by atoms with Crippen molar-refractivity contribution in [2.24, 2.45) is 5.41 Å². The van der Waals surface area contributed by atoms with E-state index in [2.05, 4.69) is 26.7 Å². The number of aryl methyl sites for hydroxylation is 1. The highest BCUT2D eigenvalue weighted by Crippen LogP contribution is 2.43. The summed E-state index contributed by atoms with van der Waals surface area (Å²) in [5, 5.41) is 0. The van der Waals surface area contributed by atoms with Crippen LogP contribution in [0.15, 0.2) is 6.33 Å². The van der Waals surface area contributed by atoms with Crippen LogP contribution >= 0.6 is 0 Å². The zero-order chi connectivity index (χ0) is 16.0. The summed E-state index contributed by atoms with van der Waals surface area (Å²) in [6.07, 6.45) is 8.28. The molecule has 1 aromatic rings. The molecule has 2 aliphatic heterocycles. The Kier molecular flexibility index (Phi) is 3.54. The maximum absolute atomic E-state index is 12.2. The monoisotopic (exact) mass is 314 g/mol. The lowest BCUT2D eigenvalue weighted by Gasteiger charge is -2.49. The standard InChI is InChI=1S/C18H26N4O/c1-13-14(2)19-12-20-17(13)21-9-3-7-18(10-21)8-6-16(23)22(11-18)15-4-5-15/h12,15H,3-11H2,1-2H3/t18-/m1/s1. The van der Waals surface area contributed by atoms with Crippen LogP contribution in [0.2, 0.25) is 0 Å². The van der Waals surface area contributed by atoms with Crippen LogP contribution < -0.4 is 4.90 Å². The van der Waals surface area contributed by atoms with Crippen molar-refractivity contribution < 1.29 is 4.79 Å². The van der Waals surface area contributed by atoms with Gasteiger partial charge in [-0.1, -0.05) is 0 Å². The van der Waals surface area contributed by atoms with Gasteiger partial charge in [-0.3, -0.25) is 4.79 Å². The third-order valence-corrected chi connectivity index (χ3v) is 5.95. The highest BCUT2D eigenvalue weighted by molar-refractivity contribution is 5.78. The van der Waals surface area contributed by atoms with E-state index in [4.69, 9.17) is 0 Å². The maximum Gasteiger partial charge on any atom is 0.222 e. The molecule has 1 aliphatic carbocycles. The number of aromatic nitrogens is 2. The smallest absolute Gasteiger partial charge is 0.222 e. The topological polar surface area (TPSA) is 49.3 Å². The van der Waals surface area contributed by atoms with Crippen LogP contribution in [-0.2, 0) is 4.79 Å². The number of carbonyl (C=O) groups excluding carboxylic acids is 1. The molecule has 1 atom stereocenters. The summed E-state index contributed by atoms with van der Waals surface area (Å²) in [5.74, 6) is 1.47. The molecular weight excluding hydrogens is 288 g/mol. The van der Waals surface area contributed by atoms with Crippen molar-refractivity contribution in [2.45, 2.75) is 58.4 Å². The SMILES string of the molecule is Cc1ncnc(N2CCC[C@@]3(CCC(=O)N(C4CC4)C3)C2)c1C. The summed E-state index contributed by atoms with van der Waals surface area (Å²) in [6, 6.07) is 0.540. The first-order chi connectivity index (χ1) is 11.1. The zero-order valence-electron chi connectivity index (χ0n) is 14.2. The van der Waals surface area contributed by atoms with Crippen molar-refractivity contribution in [3.05, 3.63) is 17.6 Å². The van der Waals surface area contributed by atoms with Crippen LogP contribution in [0.5, 0.6) is 0 Å². The molecular formula is C18H26N4O. The number of anilines is 1. The molecule has 4 rings (SSSR count). The molecule has 3 fully saturated rings. The molecule has 124 valence electrons. The number of hydrogen-bond acceptors (Lipinski definition) is 4. The second-order valence-electron chi connectivity index (χ2n) is 7.69. The molecule has 3 aliphatic rings. The number of amides is 1. The second kappa shape index (κ2) is 5.46. The summed E-state index contributed by atoms with van der Waals surface area (Å²) < 4.78 is 0. The molecule has 0 bridgehead atoms. The van der Waals surface area contributed by atoms with Gasteiger partial charge in [0.2, 0.25) is 5.91 Å². The van der Waals surface area contributed by atoms with Gasteiger partial charge in [0.25, 0.3) is 0 Å². The Hall–Kier alpha value is -1.65. The molecule has 1 spiro atoms. The van der Waals surface area contributed by atoms with Gasteiger partial charge < -0.3 is 9.80 Å². The van der Waals surface area contributed by atoms with E-state index >= 15 is 0 Å². The van der Waals surface area contributed by atoms with Crippen LogP contribution in [0, 0.1) is 19.3 Å². The lowest BCUT2D eigenvalue weighted by molar-refractivity contribution is -0.138. The molecule has 2 saturated heterocycles. The molecule has 0 radical (unpaired) electrons. The fraction of sp³-hybridized carbons (Fsp3) is 0.722.